The van der Waals surface area contributed by atoms with Gasteiger partial charge in [0.15, 0.2) is 11.7 Å². The first-order chi connectivity index (χ1) is 11.6. The zero-order chi connectivity index (χ0) is 17.4. The van der Waals surface area contributed by atoms with Gasteiger partial charge in [-0.05, 0) is 12.1 Å². The minimum atomic E-state index is -0.500. The van der Waals surface area contributed by atoms with E-state index in [1.54, 1.807) is 17.5 Å². The van der Waals surface area contributed by atoms with Crippen LogP contribution in [0.1, 0.15) is 17.9 Å². The van der Waals surface area contributed by atoms with E-state index in [9.17, 15) is 14.4 Å². The Bertz CT molecular complexity index is 695. The second-order valence-electron chi connectivity index (χ2n) is 4.69. The SMILES string of the molecule is COC(=O)Cc1csc(NC(=O)COC(=O)CCc2ccco2)n1. The van der Waals surface area contributed by atoms with Crippen molar-refractivity contribution in [1.29, 1.82) is 0 Å². The van der Waals surface area contributed by atoms with E-state index in [0.717, 1.165) is 0 Å². The zero-order valence-corrected chi connectivity index (χ0v) is 13.8. The van der Waals surface area contributed by atoms with Gasteiger partial charge in [0, 0.05) is 11.8 Å². The largest absolute Gasteiger partial charge is 0.469 e. The Morgan fingerprint density at radius 2 is 2.17 bits per heavy atom. The zero-order valence-electron chi connectivity index (χ0n) is 12.9. The molecule has 9 heteroatoms. The fourth-order valence-electron chi connectivity index (χ4n) is 1.72. The number of thiazole rings is 1. The molecule has 0 aliphatic heterocycles. The van der Waals surface area contributed by atoms with Gasteiger partial charge >= 0.3 is 11.9 Å². The molecular formula is C15H16N2O6S. The van der Waals surface area contributed by atoms with Gasteiger partial charge in [-0.2, -0.15) is 0 Å². The summed E-state index contributed by atoms with van der Waals surface area (Å²) in [5, 5.41) is 4.46. The molecule has 2 aromatic rings. The maximum atomic E-state index is 11.7. The number of amides is 1. The number of methoxy groups -OCH3 is 1. The molecule has 0 radical (unpaired) electrons. The molecule has 0 bridgehead atoms. The normalized spacial score (nSPS) is 10.2. The van der Waals surface area contributed by atoms with Gasteiger partial charge in [-0.1, -0.05) is 0 Å². The van der Waals surface area contributed by atoms with Gasteiger partial charge in [-0.25, -0.2) is 4.98 Å². The lowest BCUT2D eigenvalue weighted by Gasteiger charge is -2.04. The minimum Gasteiger partial charge on any atom is -0.469 e. The lowest BCUT2D eigenvalue weighted by atomic mass is 10.2. The molecule has 2 aromatic heterocycles. The molecule has 1 N–H and O–H groups in total. The Balaban J connectivity index is 1.69. The molecule has 0 fully saturated rings. The van der Waals surface area contributed by atoms with Crippen LogP contribution in [-0.2, 0) is 36.7 Å². The molecule has 0 saturated carbocycles. The van der Waals surface area contributed by atoms with Gasteiger partial charge in [-0.15, -0.1) is 11.3 Å². The highest BCUT2D eigenvalue weighted by atomic mass is 32.1. The predicted octanol–water partition coefficient (Wildman–Crippen LogP) is 1.57. The van der Waals surface area contributed by atoms with E-state index in [0.29, 0.717) is 23.0 Å². The lowest BCUT2D eigenvalue weighted by Crippen LogP contribution is -2.21. The van der Waals surface area contributed by atoms with E-state index < -0.39 is 24.5 Å². The number of carbonyl (C=O) groups excluding carboxylic acids is 3. The molecule has 24 heavy (non-hydrogen) atoms. The number of esters is 2. The lowest BCUT2D eigenvalue weighted by molar-refractivity contribution is -0.147. The van der Waals surface area contributed by atoms with Crippen molar-refractivity contribution < 1.29 is 28.3 Å². The van der Waals surface area contributed by atoms with Crippen molar-refractivity contribution in [3.05, 3.63) is 35.2 Å². The summed E-state index contributed by atoms with van der Waals surface area (Å²) < 4.78 is 14.5. The topological polar surface area (TPSA) is 108 Å². The van der Waals surface area contributed by atoms with Crippen LogP contribution in [-0.4, -0.2) is 36.5 Å². The second kappa shape index (κ2) is 8.82. The van der Waals surface area contributed by atoms with Crippen LogP contribution in [0.15, 0.2) is 28.2 Å². The fourth-order valence-corrected chi connectivity index (χ4v) is 2.45. The van der Waals surface area contributed by atoms with Crippen molar-refractivity contribution in [2.75, 3.05) is 19.0 Å². The Morgan fingerprint density at radius 1 is 1.33 bits per heavy atom. The summed E-state index contributed by atoms with van der Waals surface area (Å²) in [6, 6.07) is 3.49. The van der Waals surface area contributed by atoms with E-state index >= 15 is 0 Å². The summed E-state index contributed by atoms with van der Waals surface area (Å²) in [5.74, 6) is -0.728. The van der Waals surface area contributed by atoms with Gasteiger partial charge in [-0.3, -0.25) is 19.7 Å². The van der Waals surface area contributed by atoms with Crippen LogP contribution < -0.4 is 5.32 Å². The first kappa shape index (κ1) is 17.7. The Labute approximate surface area is 141 Å². The number of furan rings is 1. The van der Waals surface area contributed by atoms with E-state index in [1.165, 1.54) is 24.7 Å². The highest BCUT2D eigenvalue weighted by Crippen LogP contribution is 2.16. The minimum absolute atomic E-state index is 0.0324. The summed E-state index contributed by atoms with van der Waals surface area (Å²) in [6.07, 6.45) is 2.10. The van der Waals surface area contributed by atoms with Crippen LogP contribution in [0.4, 0.5) is 5.13 Å². The molecule has 0 atom stereocenters. The predicted molar refractivity (Wildman–Crippen MR) is 84.5 cm³/mol. The van der Waals surface area contributed by atoms with E-state index in [4.69, 9.17) is 9.15 Å². The number of hydrogen-bond donors (Lipinski definition) is 1. The molecule has 0 aliphatic carbocycles. The third-order valence-electron chi connectivity index (χ3n) is 2.87. The quantitative estimate of drug-likeness (QED) is 0.718. The van der Waals surface area contributed by atoms with Crippen molar-refractivity contribution in [2.24, 2.45) is 0 Å². The van der Waals surface area contributed by atoms with Gasteiger partial charge in [0.2, 0.25) is 0 Å². The molecule has 2 rings (SSSR count). The molecule has 128 valence electrons. The third kappa shape index (κ3) is 5.84. The van der Waals surface area contributed by atoms with Crippen molar-refractivity contribution in [3.8, 4) is 0 Å². The third-order valence-corrected chi connectivity index (χ3v) is 3.68. The Morgan fingerprint density at radius 3 is 2.88 bits per heavy atom. The number of ether oxygens (including phenoxy) is 2. The van der Waals surface area contributed by atoms with Crippen LogP contribution in [0.25, 0.3) is 0 Å². The fraction of sp³-hybridized carbons (Fsp3) is 0.333. The smallest absolute Gasteiger partial charge is 0.311 e. The summed E-state index contributed by atoms with van der Waals surface area (Å²) in [4.78, 5) is 38.4. The van der Waals surface area contributed by atoms with Crippen molar-refractivity contribution >= 4 is 34.3 Å². The van der Waals surface area contributed by atoms with Crippen molar-refractivity contribution in [3.63, 3.8) is 0 Å². The average Bonchev–Trinajstić information content (AvgIpc) is 3.23. The molecule has 0 aromatic carbocycles. The molecule has 1 amide bonds. The first-order valence-corrected chi connectivity index (χ1v) is 7.94. The first-order valence-electron chi connectivity index (χ1n) is 7.06. The Kier molecular flexibility index (Phi) is 6.50. The van der Waals surface area contributed by atoms with Gasteiger partial charge in [0.1, 0.15) is 5.76 Å². The highest BCUT2D eigenvalue weighted by molar-refractivity contribution is 7.13. The number of anilines is 1. The Hall–Kier alpha value is -2.68. The standard InChI is InChI=1S/C15H16N2O6S/c1-21-14(20)7-10-9-24-15(16-10)17-12(18)8-23-13(19)5-4-11-3-2-6-22-11/h2-3,6,9H,4-5,7-8H2,1H3,(H,16,17,18). The molecule has 2 heterocycles. The number of hydrogen-bond acceptors (Lipinski definition) is 8. The van der Waals surface area contributed by atoms with E-state index in [2.05, 4.69) is 15.0 Å². The average molecular weight is 352 g/mol. The van der Waals surface area contributed by atoms with Crippen molar-refractivity contribution in [1.82, 2.24) is 4.98 Å². The maximum absolute atomic E-state index is 11.7. The number of nitrogens with zero attached hydrogens (tertiary/aromatic N) is 1. The number of carbonyl (C=O) groups is 3. The monoisotopic (exact) mass is 352 g/mol. The highest BCUT2D eigenvalue weighted by Gasteiger charge is 2.12. The van der Waals surface area contributed by atoms with Gasteiger partial charge in [0.25, 0.3) is 5.91 Å². The molecule has 8 nitrogen and oxygen atoms in total. The summed E-state index contributed by atoms with van der Waals surface area (Å²) >= 11 is 1.17. The molecule has 0 aliphatic rings. The van der Waals surface area contributed by atoms with E-state index in [1.807, 2.05) is 0 Å². The summed E-state index contributed by atoms with van der Waals surface area (Å²) in [7, 11) is 1.29. The second-order valence-corrected chi connectivity index (χ2v) is 5.54. The van der Waals surface area contributed by atoms with Gasteiger partial charge < -0.3 is 13.9 Å². The van der Waals surface area contributed by atoms with Crippen LogP contribution >= 0.6 is 11.3 Å². The molecule has 0 saturated heterocycles. The van der Waals surface area contributed by atoms with E-state index in [-0.39, 0.29) is 12.8 Å². The number of aryl methyl sites for hydroxylation is 1. The maximum Gasteiger partial charge on any atom is 0.311 e. The molecule has 0 unspecified atom stereocenters. The molecular weight excluding hydrogens is 336 g/mol. The van der Waals surface area contributed by atoms with Crippen LogP contribution in [0.5, 0.6) is 0 Å². The van der Waals surface area contributed by atoms with Crippen molar-refractivity contribution in [2.45, 2.75) is 19.3 Å². The number of nitrogens with one attached hydrogen (secondary N) is 1. The summed E-state index contributed by atoms with van der Waals surface area (Å²) in [5.41, 5.74) is 0.498. The van der Waals surface area contributed by atoms with Gasteiger partial charge in [0.05, 0.1) is 31.9 Å². The number of aromatic nitrogens is 1. The van der Waals surface area contributed by atoms with Crippen LogP contribution in [0.3, 0.4) is 0 Å². The number of rotatable bonds is 8. The van der Waals surface area contributed by atoms with Crippen LogP contribution in [0.2, 0.25) is 0 Å². The summed E-state index contributed by atoms with van der Waals surface area (Å²) in [6.45, 7) is -0.400. The molecule has 0 spiro atoms. The van der Waals surface area contributed by atoms with Crippen LogP contribution in [0, 0.1) is 0 Å².